The quantitative estimate of drug-likeness (QED) is 0.718. The van der Waals surface area contributed by atoms with Crippen molar-refractivity contribution >= 4 is 0 Å². The van der Waals surface area contributed by atoms with Crippen LogP contribution in [-0.4, -0.2) is 11.1 Å². The molecule has 0 aliphatic carbocycles. The lowest BCUT2D eigenvalue weighted by molar-refractivity contribution is 0.148. The monoisotopic (exact) mass is 205 g/mol. The number of halogens is 3. The van der Waals surface area contributed by atoms with Crippen molar-refractivity contribution in [2.45, 2.75) is 19.1 Å². The van der Waals surface area contributed by atoms with Crippen LogP contribution in [0.4, 0.5) is 13.2 Å². The second-order valence-corrected chi connectivity index (χ2v) is 3.09. The Morgan fingerprint density at radius 1 is 1.14 bits per heavy atom. The Morgan fingerprint density at radius 3 is 2.14 bits per heavy atom. The van der Waals surface area contributed by atoms with Crippen molar-refractivity contribution in [3.05, 3.63) is 35.1 Å². The van der Waals surface area contributed by atoms with Crippen molar-refractivity contribution in [2.75, 3.05) is 0 Å². The molecule has 2 nitrogen and oxygen atoms in total. The predicted molar refractivity (Wildman–Crippen MR) is 44.9 cm³/mol. The van der Waals surface area contributed by atoms with E-state index in [1.165, 1.54) is 6.92 Å². The molecule has 0 unspecified atom stereocenters. The van der Waals surface area contributed by atoms with Crippen LogP contribution in [0.1, 0.15) is 18.6 Å². The maximum absolute atomic E-state index is 13.0. The lowest BCUT2D eigenvalue weighted by atomic mass is 10.0. The molecule has 0 aliphatic heterocycles. The molecule has 1 aromatic rings. The molecule has 1 rings (SSSR count). The SMILES string of the molecule is C[C@@H](N)[C@@H](O)c1cc(F)c(F)cc1F. The summed E-state index contributed by atoms with van der Waals surface area (Å²) in [6.45, 7) is 1.44. The average Bonchev–Trinajstić information content (AvgIpc) is 2.10. The Kier molecular flexibility index (Phi) is 3.13. The van der Waals surface area contributed by atoms with Gasteiger partial charge in [-0.15, -0.1) is 0 Å². The lowest BCUT2D eigenvalue weighted by Gasteiger charge is -2.15. The van der Waals surface area contributed by atoms with Crippen molar-refractivity contribution < 1.29 is 18.3 Å². The standard InChI is InChI=1S/C9H10F3NO/c1-4(13)9(14)5-2-7(11)8(12)3-6(5)10/h2-4,9,14H,13H2,1H3/t4-,9-/m1/s1. The van der Waals surface area contributed by atoms with Crippen LogP contribution < -0.4 is 5.73 Å². The van der Waals surface area contributed by atoms with E-state index in [0.717, 1.165) is 0 Å². The molecule has 14 heavy (non-hydrogen) atoms. The molecule has 0 radical (unpaired) electrons. The summed E-state index contributed by atoms with van der Waals surface area (Å²) in [5.74, 6) is -3.50. The first-order valence-electron chi connectivity index (χ1n) is 4.01. The maximum atomic E-state index is 13.0. The Morgan fingerprint density at radius 2 is 1.64 bits per heavy atom. The summed E-state index contributed by atoms with van der Waals surface area (Å²) in [5.41, 5.74) is 4.96. The van der Waals surface area contributed by atoms with Crippen LogP contribution in [0.25, 0.3) is 0 Å². The summed E-state index contributed by atoms with van der Waals surface area (Å²) < 4.78 is 38.2. The molecule has 0 saturated heterocycles. The van der Waals surface area contributed by atoms with E-state index in [1.807, 2.05) is 0 Å². The zero-order valence-electron chi connectivity index (χ0n) is 7.47. The van der Waals surface area contributed by atoms with E-state index in [2.05, 4.69) is 0 Å². The highest BCUT2D eigenvalue weighted by atomic mass is 19.2. The molecule has 0 aliphatic rings. The Balaban J connectivity index is 3.15. The smallest absolute Gasteiger partial charge is 0.161 e. The number of hydrogen-bond donors (Lipinski definition) is 2. The molecule has 2 atom stereocenters. The van der Waals surface area contributed by atoms with E-state index in [9.17, 15) is 18.3 Å². The fourth-order valence-corrected chi connectivity index (χ4v) is 1.05. The highest BCUT2D eigenvalue weighted by molar-refractivity contribution is 5.23. The van der Waals surface area contributed by atoms with E-state index >= 15 is 0 Å². The zero-order valence-corrected chi connectivity index (χ0v) is 7.47. The fraction of sp³-hybridized carbons (Fsp3) is 0.333. The van der Waals surface area contributed by atoms with Crippen molar-refractivity contribution in [1.29, 1.82) is 0 Å². The van der Waals surface area contributed by atoms with Crippen LogP contribution in [0.2, 0.25) is 0 Å². The van der Waals surface area contributed by atoms with Crippen molar-refractivity contribution in [3.63, 3.8) is 0 Å². The van der Waals surface area contributed by atoms with Crippen LogP contribution >= 0.6 is 0 Å². The van der Waals surface area contributed by atoms with Crippen molar-refractivity contribution in [3.8, 4) is 0 Å². The van der Waals surface area contributed by atoms with Gasteiger partial charge in [-0.05, 0) is 13.0 Å². The maximum Gasteiger partial charge on any atom is 0.161 e. The Labute approximate surface area is 79.2 Å². The average molecular weight is 205 g/mol. The third-order valence-electron chi connectivity index (χ3n) is 1.86. The van der Waals surface area contributed by atoms with E-state index in [1.54, 1.807) is 0 Å². The van der Waals surface area contributed by atoms with Gasteiger partial charge in [0, 0.05) is 17.7 Å². The van der Waals surface area contributed by atoms with Gasteiger partial charge in [-0.1, -0.05) is 0 Å². The van der Waals surface area contributed by atoms with Gasteiger partial charge in [0.25, 0.3) is 0 Å². The summed E-state index contributed by atoms with van der Waals surface area (Å²) in [5, 5.41) is 9.34. The van der Waals surface area contributed by atoms with Gasteiger partial charge < -0.3 is 10.8 Å². The molecule has 5 heteroatoms. The number of aliphatic hydroxyl groups excluding tert-OH is 1. The predicted octanol–water partition coefficient (Wildman–Crippen LogP) is 1.48. The molecule has 0 amide bonds. The highest BCUT2D eigenvalue weighted by Gasteiger charge is 2.19. The molecular formula is C9H10F3NO. The molecule has 1 aromatic carbocycles. The van der Waals surface area contributed by atoms with Gasteiger partial charge >= 0.3 is 0 Å². The summed E-state index contributed by atoms with van der Waals surface area (Å²) in [6, 6.07) is 0.240. The molecule has 0 spiro atoms. The van der Waals surface area contributed by atoms with E-state index in [-0.39, 0.29) is 5.56 Å². The van der Waals surface area contributed by atoms with Crippen molar-refractivity contribution in [1.82, 2.24) is 0 Å². The van der Waals surface area contributed by atoms with Gasteiger partial charge in [0.2, 0.25) is 0 Å². The number of hydrogen-bond acceptors (Lipinski definition) is 2. The van der Waals surface area contributed by atoms with E-state index in [4.69, 9.17) is 5.73 Å². The highest BCUT2D eigenvalue weighted by Crippen LogP contribution is 2.21. The number of rotatable bonds is 2. The minimum Gasteiger partial charge on any atom is -0.387 e. The largest absolute Gasteiger partial charge is 0.387 e. The van der Waals surface area contributed by atoms with Crippen LogP contribution in [0, 0.1) is 17.5 Å². The summed E-state index contributed by atoms with van der Waals surface area (Å²) >= 11 is 0. The number of nitrogens with two attached hydrogens (primary N) is 1. The van der Waals surface area contributed by atoms with E-state index < -0.39 is 29.6 Å². The first-order valence-corrected chi connectivity index (χ1v) is 4.01. The second-order valence-electron chi connectivity index (χ2n) is 3.09. The fourth-order valence-electron chi connectivity index (χ4n) is 1.05. The molecular weight excluding hydrogens is 195 g/mol. The van der Waals surface area contributed by atoms with Gasteiger partial charge in [0.05, 0.1) is 6.10 Å². The minimum absolute atomic E-state index is 0.334. The molecule has 0 heterocycles. The normalized spacial score (nSPS) is 15.3. The molecule has 0 saturated carbocycles. The summed E-state index contributed by atoms with van der Waals surface area (Å²) in [6.07, 6.45) is -1.34. The molecule has 0 bridgehead atoms. The van der Waals surface area contributed by atoms with Gasteiger partial charge in [-0.3, -0.25) is 0 Å². The first kappa shape index (κ1) is 11.0. The topological polar surface area (TPSA) is 46.2 Å². The van der Waals surface area contributed by atoms with Crippen LogP contribution in [0.5, 0.6) is 0 Å². The number of aliphatic hydroxyl groups is 1. The molecule has 3 N–H and O–H groups in total. The van der Waals surface area contributed by atoms with Crippen LogP contribution in [-0.2, 0) is 0 Å². The van der Waals surface area contributed by atoms with E-state index in [0.29, 0.717) is 12.1 Å². The Hall–Kier alpha value is -1.07. The summed E-state index contributed by atoms with van der Waals surface area (Å²) in [4.78, 5) is 0. The first-order chi connectivity index (χ1) is 6.43. The van der Waals surface area contributed by atoms with Crippen molar-refractivity contribution in [2.24, 2.45) is 5.73 Å². The Bertz CT molecular complexity index is 341. The van der Waals surface area contributed by atoms with Gasteiger partial charge in [0.15, 0.2) is 11.6 Å². The molecule has 0 fully saturated rings. The van der Waals surface area contributed by atoms with Crippen LogP contribution in [0.3, 0.4) is 0 Å². The second kappa shape index (κ2) is 3.98. The van der Waals surface area contributed by atoms with Crippen LogP contribution in [0.15, 0.2) is 12.1 Å². The third-order valence-corrected chi connectivity index (χ3v) is 1.86. The number of benzene rings is 1. The lowest BCUT2D eigenvalue weighted by Crippen LogP contribution is -2.25. The van der Waals surface area contributed by atoms with Gasteiger partial charge in [-0.25, -0.2) is 13.2 Å². The molecule has 0 aromatic heterocycles. The van der Waals surface area contributed by atoms with Gasteiger partial charge in [0.1, 0.15) is 5.82 Å². The third kappa shape index (κ3) is 2.05. The van der Waals surface area contributed by atoms with Gasteiger partial charge in [-0.2, -0.15) is 0 Å². The zero-order chi connectivity index (χ0) is 10.9. The molecule has 78 valence electrons. The summed E-state index contributed by atoms with van der Waals surface area (Å²) in [7, 11) is 0. The minimum atomic E-state index is -1.34.